The number of nitrogens with zero attached hydrogens (tertiary/aromatic N) is 3. The van der Waals surface area contributed by atoms with Gasteiger partial charge in [-0.1, -0.05) is 6.07 Å². The van der Waals surface area contributed by atoms with E-state index in [-0.39, 0.29) is 5.41 Å². The summed E-state index contributed by atoms with van der Waals surface area (Å²) in [5, 5.41) is 0. The van der Waals surface area contributed by atoms with E-state index in [0.717, 1.165) is 42.6 Å². The van der Waals surface area contributed by atoms with E-state index in [4.69, 9.17) is 4.74 Å². The molecule has 7 heteroatoms. The Balaban J connectivity index is 1.54. The topological polar surface area (TPSA) is 62.7 Å². The molecule has 0 aliphatic carbocycles. The van der Waals surface area contributed by atoms with Crippen LogP contribution in [0.4, 0.5) is 0 Å². The fourth-order valence-corrected chi connectivity index (χ4v) is 7.07. The zero-order valence-electron chi connectivity index (χ0n) is 19.0. The van der Waals surface area contributed by atoms with Gasteiger partial charge in [0.05, 0.1) is 11.5 Å². The average molecular weight is 444 g/mol. The summed E-state index contributed by atoms with van der Waals surface area (Å²) in [6.45, 7) is 9.58. The van der Waals surface area contributed by atoms with Crippen LogP contribution in [0.2, 0.25) is 0 Å². The molecule has 0 N–H and O–H groups in total. The van der Waals surface area contributed by atoms with Crippen LogP contribution in [0.15, 0.2) is 41.6 Å². The molecule has 3 heterocycles. The molecule has 6 nitrogen and oxygen atoms in total. The molecule has 168 valence electrons. The number of sulfonamides is 1. The Bertz CT molecular complexity index is 1030. The maximum Gasteiger partial charge on any atom is 0.243 e. The number of aryl methyl sites for hydroxylation is 3. The minimum atomic E-state index is -3.49. The smallest absolute Gasteiger partial charge is 0.243 e. The predicted molar refractivity (Wildman–Crippen MR) is 122 cm³/mol. The molecular weight excluding hydrogens is 410 g/mol. The molecule has 1 spiro atoms. The van der Waals surface area contributed by atoms with E-state index in [0.29, 0.717) is 30.6 Å². The average Bonchev–Trinajstić information content (AvgIpc) is 2.74. The van der Waals surface area contributed by atoms with E-state index in [9.17, 15) is 8.42 Å². The van der Waals surface area contributed by atoms with Gasteiger partial charge in [0.2, 0.25) is 10.0 Å². The number of ether oxygens (including phenoxy) is 1. The van der Waals surface area contributed by atoms with E-state index in [2.05, 4.69) is 22.0 Å². The third-order valence-electron chi connectivity index (χ3n) is 7.19. The van der Waals surface area contributed by atoms with Gasteiger partial charge in [-0.25, -0.2) is 8.42 Å². The minimum Gasteiger partial charge on any atom is -0.383 e. The molecule has 2 saturated heterocycles. The largest absolute Gasteiger partial charge is 0.383 e. The molecule has 1 aromatic heterocycles. The van der Waals surface area contributed by atoms with Crippen molar-refractivity contribution in [3.05, 3.63) is 58.9 Å². The fourth-order valence-electron chi connectivity index (χ4n) is 5.34. The molecule has 0 unspecified atom stereocenters. The number of aromatic nitrogens is 1. The van der Waals surface area contributed by atoms with Crippen molar-refractivity contribution in [1.82, 2.24) is 14.2 Å². The van der Waals surface area contributed by atoms with Crippen LogP contribution in [0.5, 0.6) is 0 Å². The maximum absolute atomic E-state index is 13.4. The van der Waals surface area contributed by atoms with Gasteiger partial charge >= 0.3 is 0 Å². The van der Waals surface area contributed by atoms with Crippen molar-refractivity contribution in [3.63, 3.8) is 0 Å². The Labute approximate surface area is 186 Å². The lowest BCUT2D eigenvalue weighted by atomic mass is 9.63. The quantitative estimate of drug-likeness (QED) is 0.684. The van der Waals surface area contributed by atoms with Crippen LogP contribution in [0, 0.1) is 26.2 Å². The molecular formula is C24H33N3O3S. The summed E-state index contributed by atoms with van der Waals surface area (Å²) in [6, 6.07) is 8.28. The zero-order valence-corrected chi connectivity index (χ0v) is 19.8. The Hall–Kier alpha value is -1.80. The monoisotopic (exact) mass is 443 g/mol. The van der Waals surface area contributed by atoms with Gasteiger partial charge in [-0.15, -0.1) is 0 Å². The van der Waals surface area contributed by atoms with Crippen molar-refractivity contribution in [2.75, 3.05) is 39.9 Å². The van der Waals surface area contributed by atoms with Gasteiger partial charge in [-0.2, -0.15) is 4.31 Å². The molecule has 4 rings (SSSR count). The molecule has 2 aliphatic heterocycles. The second-order valence-corrected chi connectivity index (χ2v) is 11.0. The minimum absolute atomic E-state index is 0.110. The summed E-state index contributed by atoms with van der Waals surface area (Å²) < 4.78 is 33.9. The van der Waals surface area contributed by atoms with Gasteiger partial charge in [-0.3, -0.25) is 9.88 Å². The summed E-state index contributed by atoms with van der Waals surface area (Å²) in [6.07, 6.45) is 5.43. The zero-order chi connectivity index (χ0) is 22.2. The van der Waals surface area contributed by atoms with Gasteiger partial charge in [0.1, 0.15) is 0 Å². The Morgan fingerprint density at radius 2 is 1.71 bits per heavy atom. The SMILES string of the molecule is COCCN1CC2(CCN(S(=O)(=O)c3cc(C)c(C)cc3C)CC2)[C@H]1c1ccncc1. The van der Waals surface area contributed by atoms with Gasteiger partial charge < -0.3 is 4.74 Å². The first kappa shape index (κ1) is 22.4. The van der Waals surface area contributed by atoms with Crippen LogP contribution in [0.3, 0.4) is 0 Å². The van der Waals surface area contributed by atoms with Gasteiger partial charge in [0, 0.05) is 57.1 Å². The highest BCUT2D eigenvalue weighted by Crippen LogP contribution is 2.55. The van der Waals surface area contributed by atoms with Crippen LogP contribution in [-0.4, -0.2) is 62.5 Å². The Morgan fingerprint density at radius 1 is 1.06 bits per heavy atom. The summed E-state index contributed by atoms with van der Waals surface area (Å²) in [7, 11) is -1.76. The molecule has 1 aromatic carbocycles. The highest BCUT2D eigenvalue weighted by Gasteiger charge is 2.54. The third-order valence-corrected chi connectivity index (χ3v) is 9.24. The number of benzene rings is 1. The van der Waals surface area contributed by atoms with Crippen LogP contribution in [-0.2, 0) is 14.8 Å². The number of rotatable bonds is 6. The molecule has 0 bridgehead atoms. The van der Waals surface area contributed by atoms with Crippen molar-refractivity contribution in [1.29, 1.82) is 0 Å². The first-order chi connectivity index (χ1) is 14.8. The van der Waals surface area contributed by atoms with E-state index >= 15 is 0 Å². The summed E-state index contributed by atoms with van der Waals surface area (Å²) in [5.74, 6) is 0. The van der Waals surface area contributed by atoms with Crippen LogP contribution in [0.25, 0.3) is 0 Å². The van der Waals surface area contributed by atoms with E-state index in [1.165, 1.54) is 5.56 Å². The summed E-state index contributed by atoms with van der Waals surface area (Å²) in [4.78, 5) is 7.08. The predicted octanol–water partition coefficient (Wildman–Crippen LogP) is 3.48. The summed E-state index contributed by atoms with van der Waals surface area (Å²) in [5.41, 5.74) is 4.34. The third kappa shape index (κ3) is 4.04. The van der Waals surface area contributed by atoms with Gasteiger partial charge in [0.15, 0.2) is 0 Å². The maximum atomic E-state index is 13.4. The Morgan fingerprint density at radius 3 is 2.35 bits per heavy atom. The molecule has 1 atom stereocenters. The van der Waals surface area contributed by atoms with Crippen LogP contribution >= 0.6 is 0 Å². The van der Waals surface area contributed by atoms with Crippen molar-refractivity contribution in [3.8, 4) is 0 Å². The lowest BCUT2D eigenvalue weighted by molar-refractivity contribution is -0.110. The molecule has 0 saturated carbocycles. The van der Waals surface area contributed by atoms with E-state index < -0.39 is 10.0 Å². The van der Waals surface area contributed by atoms with E-state index in [1.54, 1.807) is 11.4 Å². The lowest BCUT2D eigenvalue weighted by Gasteiger charge is -2.60. The fraction of sp³-hybridized carbons (Fsp3) is 0.542. The van der Waals surface area contributed by atoms with Gasteiger partial charge in [0.25, 0.3) is 0 Å². The number of likely N-dealkylation sites (tertiary alicyclic amines) is 1. The van der Waals surface area contributed by atoms with Crippen LogP contribution < -0.4 is 0 Å². The second-order valence-electron chi connectivity index (χ2n) is 9.11. The van der Waals surface area contributed by atoms with Crippen molar-refractivity contribution >= 4 is 10.0 Å². The number of hydrogen-bond donors (Lipinski definition) is 0. The Kier molecular flexibility index (Phi) is 6.23. The highest BCUT2D eigenvalue weighted by molar-refractivity contribution is 7.89. The number of piperidine rings is 1. The van der Waals surface area contributed by atoms with Crippen molar-refractivity contribution in [2.45, 2.75) is 44.6 Å². The summed E-state index contributed by atoms with van der Waals surface area (Å²) >= 11 is 0. The van der Waals surface area contributed by atoms with Crippen molar-refractivity contribution < 1.29 is 13.2 Å². The number of methoxy groups -OCH3 is 1. The second kappa shape index (κ2) is 8.62. The molecule has 2 aromatic rings. The number of hydrogen-bond acceptors (Lipinski definition) is 5. The standard InChI is InChI=1S/C24H33N3O3S/c1-18-15-20(3)22(16-19(18)2)31(28,29)27-11-7-24(8-12-27)17-26(13-14-30-4)23(24)21-5-9-25-10-6-21/h5-6,9-10,15-16,23H,7-8,11-14,17H2,1-4H3/t23-/m1/s1. The molecule has 0 radical (unpaired) electrons. The van der Waals surface area contributed by atoms with E-state index in [1.807, 2.05) is 45.3 Å². The molecule has 2 fully saturated rings. The molecule has 0 amide bonds. The normalized spacial score (nSPS) is 21.9. The van der Waals surface area contributed by atoms with Crippen molar-refractivity contribution in [2.24, 2.45) is 5.41 Å². The van der Waals surface area contributed by atoms with Gasteiger partial charge in [-0.05, 0) is 74.1 Å². The highest BCUT2D eigenvalue weighted by atomic mass is 32.2. The first-order valence-electron chi connectivity index (χ1n) is 11.0. The molecule has 2 aliphatic rings. The lowest BCUT2D eigenvalue weighted by Crippen LogP contribution is -2.62. The first-order valence-corrected chi connectivity index (χ1v) is 12.4. The van der Waals surface area contributed by atoms with Crippen LogP contribution in [0.1, 0.15) is 41.1 Å². The number of pyridine rings is 1. The molecule has 31 heavy (non-hydrogen) atoms.